The molecule has 4 nitrogen and oxygen atoms in total. The van der Waals surface area contributed by atoms with Crippen molar-refractivity contribution in [2.24, 2.45) is 5.73 Å². The number of nitrogens with two attached hydrogens (primary N) is 1. The quantitative estimate of drug-likeness (QED) is 0.921. The van der Waals surface area contributed by atoms with Crippen LogP contribution in [0.5, 0.6) is 0 Å². The Morgan fingerprint density at radius 3 is 2.76 bits per heavy atom. The Balaban J connectivity index is 0.00000144. The van der Waals surface area contributed by atoms with Crippen LogP contribution >= 0.6 is 23.7 Å². The van der Waals surface area contributed by atoms with Crippen molar-refractivity contribution in [3.05, 3.63) is 17.0 Å². The van der Waals surface area contributed by atoms with Crippen molar-refractivity contribution in [2.45, 2.75) is 30.0 Å². The van der Waals surface area contributed by atoms with Crippen LogP contribution in [0.3, 0.4) is 0 Å². The van der Waals surface area contributed by atoms with Crippen LogP contribution in [0.2, 0.25) is 0 Å². The molecular weight excluding hydrogens is 280 g/mol. The number of halogens is 1. The summed E-state index contributed by atoms with van der Waals surface area (Å²) >= 11 is 1.32. The fraction of sp³-hybridized carbons (Fsp3) is 0.600. The van der Waals surface area contributed by atoms with Gasteiger partial charge in [-0.15, -0.1) is 23.7 Å². The van der Waals surface area contributed by atoms with Crippen molar-refractivity contribution in [2.75, 3.05) is 13.1 Å². The maximum atomic E-state index is 12.3. The molecule has 0 radical (unpaired) electrons. The highest BCUT2D eigenvalue weighted by Crippen LogP contribution is 2.29. The van der Waals surface area contributed by atoms with Crippen LogP contribution in [-0.2, 0) is 10.0 Å². The van der Waals surface area contributed by atoms with Crippen LogP contribution in [0.15, 0.2) is 16.3 Å². The van der Waals surface area contributed by atoms with E-state index in [2.05, 4.69) is 0 Å². The van der Waals surface area contributed by atoms with Gasteiger partial charge in [-0.25, -0.2) is 8.42 Å². The largest absolute Gasteiger partial charge is 0.329 e. The lowest BCUT2D eigenvalue weighted by Crippen LogP contribution is -2.39. The van der Waals surface area contributed by atoms with Crippen molar-refractivity contribution in [1.82, 2.24) is 4.31 Å². The van der Waals surface area contributed by atoms with Crippen molar-refractivity contribution in [3.8, 4) is 0 Å². The average molecular weight is 297 g/mol. The molecule has 1 aliphatic rings. The highest BCUT2D eigenvalue weighted by atomic mass is 35.5. The molecule has 1 aromatic heterocycles. The third kappa shape index (κ3) is 2.82. The first-order chi connectivity index (χ1) is 7.55. The molecule has 0 aromatic carbocycles. The molecule has 1 fully saturated rings. The number of hydrogen-bond donors (Lipinski definition) is 1. The third-order valence-electron chi connectivity index (χ3n) is 2.87. The zero-order valence-electron chi connectivity index (χ0n) is 9.63. The fourth-order valence-electron chi connectivity index (χ4n) is 2.03. The first-order valence-corrected chi connectivity index (χ1v) is 7.59. The molecule has 0 spiro atoms. The lowest BCUT2D eigenvalue weighted by Gasteiger charge is -2.21. The van der Waals surface area contributed by atoms with Gasteiger partial charge in [-0.2, -0.15) is 4.31 Å². The topological polar surface area (TPSA) is 63.4 Å². The zero-order chi connectivity index (χ0) is 11.8. The summed E-state index contributed by atoms with van der Waals surface area (Å²) in [7, 11) is -3.31. The number of thiophene rings is 1. The van der Waals surface area contributed by atoms with E-state index in [1.807, 2.05) is 13.0 Å². The van der Waals surface area contributed by atoms with Gasteiger partial charge in [-0.3, -0.25) is 0 Å². The van der Waals surface area contributed by atoms with E-state index in [1.54, 1.807) is 10.4 Å². The molecule has 17 heavy (non-hydrogen) atoms. The molecule has 98 valence electrons. The summed E-state index contributed by atoms with van der Waals surface area (Å²) in [5.41, 5.74) is 5.60. The normalized spacial score (nSPS) is 21.4. The molecule has 1 saturated heterocycles. The summed E-state index contributed by atoms with van der Waals surface area (Å²) in [5, 5.41) is 0. The molecule has 0 saturated carbocycles. The highest BCUT2D eigenvalue weighted by Gasteiger charge is 2.35. The Labute approximate surface area is 112 Å². The van der Waals surface area contributed by atoms with Crippen LogP contribution in [-0.4, -0.2) is 31.9 Å². The van der Waals surface area contributed by atoms with Gasteiger partial charge in [-0.1, -0.05) is 0 Å². The monoisotopic (exact) mass is 296 g/mol. The Kier molecular flexibility index (Phi) is 4.97. The van der Waals surface area contributed by atoms with Gasteiger partial charge in [0.15, 0.2) is 0 Å². The van der Waals surface area contributed by atoms with Crippen LogP contribution in [0.4, 0.5) is 0 Å². The molecule has 1 unspecified atom stereocenters. The van der Waals surface area contributed by atoms with Crippen LogP contribution in [0, 0.1) is 6.92 Å². The van der Waals surface area contributed by atoms with Crippen LogP contribution in [0.25, 0.3) is 0 Å². The number of rotatable bonds is 3. The summed E-state index contributed by atoms with van der Waals surface area (Å²) in [6, 6.07) is 3.50. The molecular formula is C10H17ClN2O2S2. The van der Waals surface area contributed by atoms with Gasteiger partial charge < -0.3 is 5.73 Å². The van der Waals surface area contributed by atoms with E-state index in [-0.39, 0.29) is 18.4 Å². The van der Waals surface area contributed by atoms with Gasteiger partial charge in [0.2, 0.25) is 0 Å². The third-order valence-corrected chi connectivity index (χ3v) is 6.29. The van der Waals surface area contributed by atoms with Crippen LogP contribution in [0.1, 0.15) is 17.7 Å². The zero-order valence-corrected chi connectivity index (χ0v) is 12.1. The van der Waals surface area contributed by atoms with E-state index in [0.29, 0.717) is 17.3 Å². The highest BCUT2D eigenvalue weighted by molar-refractivity contribution is 7.91. The Morgan fingerprint density at radius 2 is 2.24 bits per heavy atom. The minimum atomic E-state index is -3.31. The average Bonchev–Trinajstić information content (AvgIpc) is 2.85. The number of nitrogens with zero attached hydrogens (tertiary/aromatic N) is 1. The molecule has 7 heteroatoms. The molecule has 0 amide bonds. The van der Waals surface area contributed by atoms with Gasteiger partial charge >= 0.3 is 0 Å². The maximum absolute atomic E-state index is 12.3. The van der Waals surface area contributed by atoms with Crippen molar-refractivity contribution in [1.29, 1.82) is 0 Å². The summed E-state index contributed by atoms with van der Waals surface area (Å²) in [6.07, 6.45) is 1.78. The Hall–Kier alpha value is -0.140. The van der Waals surface area contributed by atoms with E-state index in [0.717, 1.165) is 17.7 Å². The second-order valence-electron chi connectivity index (χ2n) is 4.01. The number of aryl methyl sites for hydroxylation is 1. The second-order valence-corrected chi connectivity index (χ2v) is 7.42. The predicted octanol–water partition coefficient (Wildman–Crippen LogP) is 1.59. The maximum Gasteiger partial charge on any atom is 0.252 e. The molecule has 2 N–H and O–H groups in total. The van der Waals surface area contributed by atoms with E-state index in [1.165, 1.54) is 11.3 Å². The molecule has 1 aliphatic heterocycles. The fourth-order valence-corrected chi connectivity index (χ4v) is 5.14. The van der Waals surface area contributed by atoms with Crippen molar-refractivity contribution in [3.63, 3.8) is 0 Å². The van der Waals surface area contributed by atoms with E-state index in [9.17, 15) is 8.42 Å². The number of hydrogen-bond acceptors (Lipinski definition) is 4. The van der Waals surface area contributed by atoms with E-state index in [4.69, 9.17) is 5.73 Å². The lowest BCUT2D eigenvalue weighted by molar-refractivity contribution is 0.394. The second kappa shape index (κ2) is 5.67. The van der Waals surface area contributed by atoms with Gasteiger partial charge in [0, 0.05) is 24.0 Å². The molecule has 0 bridgehead atoms. The summed E-state index contributed by atoms with van der Waals surface area (Å²) in [5.74, 6) is 0. The van der Waals surface area contributed by atoms with Gasteiger partial charge in [0.05, 0.1) is 0 Å². The molecule has 2 rings (SSSR count). The summed E-state index contributed by atoms with van der Waals surface area (Å²) in [4.78, 5) is 1.02. The molecule has 1 atom stereocenters. The van der Waals surface area contributed by atoms with Gasteiger partial charge in [0.1, 0.15) is 4.21 Å². The first kappa shape index (κ1) is 14.9. The summed E-state index contributed by atoms with van der Waals surface area (Å²) < 4.78 is 26.6. The lowest BCUT2D eigenvalue weighted by atomic mass is 10.2. The minimum Gasteiger partial charge on any atom is -0.329 e. The Bertz CT molecular complexity index is 472. The molecule has 2 heterocycles. The first-order valence-electron chi connectivity index (χ1n) is 5.34. The van der Waals surface area contributed by atoms with E-state index < -0.39 is 10.0 Å². The van der Waals surface area contributed by atoms with Crippen molar-refractivity contribution < 1.29 is 8.42 Å². The smallest absolute Gasteiger partial charge is 0.252 e. The van der Waals surface area contributed by atoms with Crippen LogP contribution < -0.4 is 5.73 Å². The van der Waals surface area contributed by atoms with Crippen molar-refractivity contribution >= 4 is 33.8 Å². The SMILES string of the molecule is Cc1ccc(S(=O)(=O)N2CCCC2CN)s1.Cl. The standard InChI is InChI=1S/C10H16N2O2S2.ClH/c1-8-4-5-10(15-8)16(13,14)12-6-2-3-9(12)7-11;/h4-5,9H,2-3,6-7,11H2,1H3;1H. The predicted molar refractivity (Wildman–Crippen MR) is 72.3 cm³/mol. The summed E-state index contributed by atoms with van der Waals surface area (Å²) in [6.45, 7) is 2.92. The molecule has 0 aliphatic carbocycles. The van der Waals surface area contributed by atoms with Gasteiger partial charge in [0.25, 0.3) is 10.0 Å². The number of sulfonamides is 1. The molecule has 1 aromatic rings. The van der Waals surface area contributed by atoms with Gasteiger partial charge in [-0.05, 0) is 31.9 Å². The Morgan fingerprint density at radius 1 is 1.53 bits per heavy atom. The van der Waals surface area contributed by atoms with E-state index >= 15 is 0 Å². The minimum absolute atomic E-state index is 0.